The Morgan fingerprint density at radius 1 is 1.14 bits per heavy atom. The van der Waals surface area contributed by atoms with Crippen LogP contribution in [0.1, 0.15) is 0 Å². The summed E-state index contributed by atoms with van der Waals surface area (Å²) < 4.78 is 31.6. The molecule has 0 fully saturated rings. The second-order valence-electron chi connectivity index (χ2n) is 0.448. The Labute approximate surface area is 63.9 Å². The standard InChI is InChI=1S/Fe.Li.H2O4S.H/c;;1-5(2,3)4;/h;;(H2,1,2,3,4);. The molecule has 0 heterocycles. The molecular formula is H3FeLiO4S. The monoisotopic (exact) mass is 162 g/mol. The molecule has 0 unspecified atom stereocenters. The third kappa shape index (κ3) is 178. The first kappa shape index (κ1) is 15.7. The van der Waals surface area contributed by atoms with Gasteiger partial charge in [-0.25, -0.2) is 0 Å². The van der Waals surface area contributed by atoms with Gasteiger partial charge in [0, 0.05) is 17.1 Å². The molecule has 0 aromatic rings. The summed E-state index contributed by atoms with van der Waals surface area (Å²) in [7, 11) is -4.67. The number of hydrogen-bond donors (Lipinski definition) is 2. The van der Waals surface area contributed by atoms with Crippen LogP contribution in [-0.4, -0.2) is 36.4 Å². The molecule has 0 aliphatic rings. The predicted molar refractivity (Wildman–Crippen MR) is 21.3 cm³/mol. The van der Waals surface area contributed by atoms with Crippen molar-refractivity contribution in [3.8, 4) is 0 Å². The molecule has 0 saturated carbocycles. The zero-order valence-electron chi connectivity index (χ0n) is 2.47. The average Bonchev–Trinajstić information content (AvgIpc) is 0.722. The summed E-state index contributed by atoms with van der Waals surface area (Å²) in [6.07, 6.45) is 0. The Kier molecular flexibility index (Phi) is 11.5. The van der Waals surface area contributed by atoms with Crippen molar-refractivity contribution in [2.24, 2.45) is 0 Å². The van der Waals surface area contributed by atoms with Gasteiger partial charge < -0.3 is 0 Å². The minimum absolute atomic E-state index is 0. The van der Waals surface area contributed by atoms with Crippen LogP contribution in [0.2, 0.25) is 0 Å². The molecule has 0 aromatic heterocycles. The van der Waals surface area contributed by atoms with Crippen LogP contribution in [0.4, 0.5) is 0 Å². The SMILES string of the molecule is O=S(=O)(O)O.[Fe].[LiH]. The third-order valence-electron chi connectivity index (χ3n) is 0. The maximum absolute atomic E-state index is 8.74. The third-order valence-corrected chi connectivity index (χ3v) is 0. The van der Waals surface area contributed by atoms with Gasteiger partial charge in [0.15, 0.2) is 0 Å². The van der Waals surface area contributed by atoms with Crippen molar-refractivity contribution in [3.05, 3.63) is 0 Å². The van der Waals surface area contributed by atoms with Crippen molar-refractivity contribution in [2.75, 3.05) is 0 Å². The molecular weight excluding hydrogens is 159 g/mol. The fourth-order valence-corrected chi connectivity index (χ4v) is 0. The maximum atomic E-state index is 8.74. The van der Waals surface area contributed by atoms with Gasteiger partial charge in [-0.1, -0.05) is 0 Å². The van der Waals surface area contributed by atoms with Crippen LogP contribution < -0.4 is 0 Å². The molecule has 0 amide bonds. The molecule has 4 nitrogen and oxygen atoms in total. The molecule has 0 rings (SSSR count). The molecule has 2 N–H and O–H groups in total. The molecule has 0 aromatic carbocycles. The second-order valence-corrected chi connectivity index (χ2v) is 1.34. The van der Waals surface area contributed by atoms with Crippen molar-refractivity contribution in [3.63, 3.8) is 0 Å². The van der Waals surface area contributed by atoms with Gasteiger partial charge >= 0.3 is 29.3 Å². The molecule has 0 atom stereocenters. The van der Waals surface area contributed by atoms with E-state index in [9.17, 15) is 0 Å². The molecule has 42 valence electrons. The summed E-state index contributed by atoms with van der Waals surface area (Å²) in [5.74, 6) is 0. The predicted octanol–water partition coefficient (Wildman–Crippen LogP) is -1.30. The van der Waals surface area contributed by atoms with Gasteiger partial charge in [0.25, 0.3) is 0 Å². The van der Waals surface area contributed by atoms with Crippen LogP contribution in [0.5, 0.6) is 0 Å². The van der Waals surface area contributed by atoms with Gasteiger partial charge in [0.05, 0.1) is 0 Å². The van der Waals surface area contributed by atoms with Gasteiger partial charge in [-0.3, -0.25) is 9.11 Å². The van der Waals surface area contributed by atoms with E-state index in [1.165, 1.54) is 0 Å². The first-order valence-electron chi connectivity index (χ1n) is 0.698. The van der Waals surface area contributed by atoms with E-state index in [0.29, 0.717) is 0 Å². The van der Waals surface area contributed by atoms with E-state index < -0.39 is 10.4 Å². The fraction of sp³-hybridized carbons (Fsp3) is 0. The Morgan fingerprint density at radius 3 is 1.14 bits per heavy atom. The van der Waals surface area contributed by atoms with Gasteiger partial charge in [-0.2, -0.15) is 8.42 Å². The molecule has 0 radical (unpaired) electrons. The van der Waals surface area contributed by atoms with Gasteiger partial charge in [0.1, 0.15) is 0 Å². The van der Waals surface area contributed by atoms with Crippen LogP contribution >= 0.6 is 0 Å². The van der Waals surface area contributed by atoms with Crippen LogP contribution in [0, 0.1) is 0 Å². The summed E-state index contributed by atoms with van der Waals surface area (Å²) in [6.45, 7) is 0. The van der Waals surface area contributed by atoms with E-state index in [0.717, 1.165) is 0 Å². The van der Waals surface area contributed by atoms with E-state index >= 15 is 0 Å². The van der Waals surface area contributed by atoms with Gasteiger partial charge in [-0.05, 0) is 0 Å². The van der Waals surface area contributed by atoms with Crippen LogP contribution in [0.15, 0.2) is 0 Å². The summed E-state index contributed by atoms with van der Waals surface area (Å²) in [4.78, 5) is 0. The van der Waals surface area contributed by atoms with Gasteiger partial charge in [0.2, 0.25) is 0 Å². The Bertz CT molecular complexity index is 94.9. The van der Waals surface area contributed by atoms with Gasteiger partial charge in [-0.15, -0.1) is 0 Å². The van der Waals surface area contributed by atoms with E-state index in [1.807, 2.05) is 0 Å². The fourth-order valence-electron chi connectivity index (χ4n) is 0. The van der Waals surface area contributed by atoms with E-state index in [1.54, 1.807) is 0 Å². The van der Waals surface area contributed by atoms with E-state index in [-0.39, 0.29) is 35.9 Å². The molecule has 7 heteroatoms. The van der Waals surface area contributed by atoms with Crippen LogP contribution in [0.25, 0.3) is 0 Å². The first-order chi connectivity index (χ1) is 2.00. The average molecular weight is 162 g/mol. The Hall–Kier alpha value is 0.987. The summed E-state index contributed by atoms with van der Waals surface area (Å²) >= 11 is 0. The zero-order chi connectivity index (χ0) is 4.50. The van der Waals surface area contributed by atoms with Crippen molar-refractivity contribution in [1.82, 2.24) is 0 Å². The molecule has 0 spiro atoms. The van der Waals surface area contributed by atoms with E-state index in [4.69, 9.17) is 17.5 Å². The van der Waals surface area contributed by atoms with E-state index in [2.05, 4.69) is 0 Å². The number of hydrogen-bond acceptors (Lipinski definition) is 2. The zero-order valence-corrected chi connectivity index (χ0v) is 4.39. The van der Waals surface area contributed by atoms with Crippen molar-refractivity contribution >= 4 is 29.3 Å². The van der Waals surface area contributed by atoms with Crippen molar-refractivity contribution in [1.29, 1.82) is 0 Å². The molecule has 0 aliphatic carbocycles. The molecule has 0 saturated heterocycles. The molecule has 0 aliphatic heterocycles. The summed E-state index contributed by atoms with van der Waals surface area (Å²) in [5.41, 5.74) is 0. The Balaban J connectivity index is -0.0000000800. The van der Waals surface area contributed by atoms with Crippen molar-refractivity contribution < 1.29 is 34.6 Å². The topological polar surface area (TPSA) is 74.6 Å². The van der Waals surface area contributed by atoms with Crippen LogP contribution in [0.3, 0.4) is 0 Å². The normalized spacial score (nSPS) is 8.29. The molecule has 7 heavy (non-hydrogen) atoms. The quantitative estimate of drug-likeness (QED) is 0.342. The number of rotatable bonds is 0. The summed E-state index contributed by atoms with van der Waals surface area (Å²) in [5, 5.41) is 0. The minimum atomic E-state index is -4.67. The first-order valence-corrected chi connectivity index (χ1v) is 2.10. The van der Waals surface area contributed by atoms with Crippen molar-refractivity contribution in [2.45, 2.75) is 0 Å². The Morgan fingerprint density at radius 2 is 1.14 bits per heavy atom. The molecule has 0 bridgehead atoms. The van der Waals surface area contributed by atoms with Crippen LogP contribution in [-0.2, 0) is 27.5 Å². The summed E-state index contributed by atoms with van der Waals surface area (Å²) in [6, 6.07) is 0. The second kappa shape index (κ2) is 5.13.